The second-order valence-electron chi connectivity index (χ2n) is 9.99. The lowest BCUT2D eigenvalue weighted by molar-refractivity contribution is -0.145. The topological polar surface area (TPSA) is 97.5 Å². The van der Waals surface area contributed by atoms with E-state index in [0.717, 1.165) is 15.1 Å². The Hall–Kier alpha value is -3.85. The normalized spacial score (nSPS) is 15.4. The number of carbonyl (C=O) groups is 2. The fourth-order valence-corrected chi connectivity index (χ4v) is 5.53. The molecule has 39 heavy (non-hydrogen) atoms. The minimum Gasteiger partial charge on any atom is -0.465 e. The van der Waals surface area contributed by atoms with E-state index in [1.54, 1.807) is 58.0 Å². The molecule has 0 aliphatic carbocycles. The number of esters is 1. The van der Waals surface area contributed by atoms with Crippen molar-refractivity contribution in [2.24, 2.45) is 0 Å². The average Bonchev–Trinajstić information content (AvgIpc) is 3.46. The number of carbonyl (C=O) groups excluding carboxylic acids is 2. The van der Waals surface area contributed by atoms with E-state index in [-0.39, 0.29) is 30.8 Å². The summed E-state index contributed by atoms with van der Waals surface area (Å²) in [6.45, 7) is 6.82. The fraction of sp³-hybridized carbons (Fsp3) is 0.407. The molecule has 0 bridgehead atoms. The summed E-state index contributed by atoms with van der Waals surface area (Å²) in [5.74, 6) is -1.24. The van der Waals surface area contributed by atoms with Crippen molar-refractivity contribution in [3.63, 3.8) is 0 Å². The van der Waals surface area contributed by atoms with Crippen LogP contribution in [0.5, 0.6) is 0 Å². The van der Waals surface area contributed by atoms with Crippen LogP contribution in [0.25, 0.3) is 11.1 Å². The van der Waals surface area contributed by atoms with Crippen molar-refractivity contribution in [3.8, 4) is 17.2 Å². The second kappa shape index (κ2) is 10.7. The monoisotopic (exact) mass is 560 g/mol. The highest BCUT2D eigenvalue weighted by molar-refractivity contribution is 7.12. The van der Waals surface area contributed by atoms with Crippen molar-refractivity contribution in [1.82, 2.24) is 14.7 Å². The van der Waals surface area contributed by atoms with Gasteiger partial charge in [0.2, 0.25) is 0 Å². The van der Waals surface area contributed by atoms with Gasteiger partial charge in [-0.2, -0.15) is 23.5 Å². The number of benzene rings is 1. The molecule has 1 amide bonds. The quantitative estimate of drug-likeness (QED) is 0.358. The molecule has 0 saturated heterocycles. The smallest absolute Gasteiger partial charge is 0.435 e. The molecular formula is C27H27F3N4O4S. The summed E-state index contributed by atoms with van der Waals surface area (Å²) >= 11 is 1.24. The van der Waals surface area contributed by atoms with E-state index >= 15 is 0 Å². The summed E-state index contributed by atoms with van der Waals surface area (Å²) in [6, 6.07) is 10.4. The van der Waals surface area contributed by atoms with E-state index in [1.807, 2.05) is 0 Å². The third kappa shape index (κ3) is 6.25. The first-order valence-electron chi connectivity index (χ1n) is 12.2. The Morgan fingerprint density at radius 3 is 2.54 bits per heavy atom. The van der Waals surface area contributed by atoms with Crippen LogP contribution in [-0.2, 0) is 33.5 Å². The van der Waals surface area contributed by atoms with Crippen LogP contribution < -0.4 is 0 Å². The molecule has 1 aliphatic heterocycles. The molecule has 1 aliphatic rings. The third-order valence-corrected chi connectivity index (χ3v) is 7.01. The minimum atomic E-state index is -4.79. The Labute approximate surface area is 227 Å². The molecular weight excluding hydrogens is 533 g/mol. The van der Waals surface area contributed by atoms with Gasteiger partial charge in [0.25, 0.3) is 0 Å². The van der Waals surface area contributed by atoms with E-state index < -0.39 is 42.0 Å². The van der Waals surface area contributed by atoms with Gasteiger partial charge < -0.3 is 14.4 Å². The Balaban J connectivity index is 1.83. The molecule has 0 fully saturated rings. The van der Waals surface area contributed by atoms with Crippen molar-refractivity contribution in [3.05, 3.63) is 63.1 Å². The minimum absolute atomic E-state index is 0.0887. The van der Waals surface area contributed by atoms with Gasteiger partial charge >= 0.3 is 18.2 Å². The van der Waals surface area contributed by atoms with Gasteiger partial charge in [0.1, 0.15) is 23.1 Å². The maximum absolute atomic E-state index is 14.1. The van der Waals surface area contributed by atoms with E-state index in [0.29, 0.717) is 10.4 Å². The first-order chi connectivity index (χ1) is 18.3. The summed E-state index contributed by atoms with van der Waals surface area (Å²) in [4.78, 5) is 27.7. The van der Waals surface area contributed by atoms with Crippen molar-refractivity contribution >= 4 is 23.4 Å². The van der Waals surface area contributed by atoms with Crippen molar-refractivity contribution in [2.75, 3.05) is 13.2 Å². The van der Waals surface area contributed by atoms with E-state index in [2.05, 4.69) is 11.2 Å². The largest absolute Gasteiger partial charge is 0.465 e. The lowest BCUT2D eigenvalue weighted by Gasteiger charge is -2.35. The molecule has 1 atom stereocenters. The Kier molecular flexibility index (Phi) is 7.75. The predicted molar refractivity (Wildman–Crippen MR) is 137 cm³/mol. The molecule has 3 aromatic rings. The lowest BCUT2D eigenvalue weighted by atomic mass is 9.84. The lowest BCUT2D eigenvalue weighted by Crippen LogP contribution is -2.41. The Bertz CT molecular complexity index is 1430. The maximum Gasteiger partial charge on any atom is 0.435 e. The fourth-order valence-electron chi connectivity index (χ4n) is 4.50. The van der Waals surface area contributed by atoms with Crippen molar-refractivity contribution in [2.45, 2.75) is 58.5 Å². The highest BCUT2D eigenvalue weighted by Crippen LogP contribution is 2.44. The zero-order chi connectivity index (χ0) is 28.5. The SMILES string of the molecule is CCOC(=O)Cn1cc(-c2ccccc2C2CN(C(=O)OC(C)(C)C)Cc3sc(C#N)cc32)c(C(F)(F)F)n1. The number of hydrogen-bond donors (Lipinski definition) is 0. The molecule has 0 spiro atoms. The molecule has 1 unspecified atom stereocenters. The second-order valence-corrected chi connectivity index (χ2v) is 11.1. The Morgan fingerprint density at radius 2 is 1.90 bits per heavy atom. The molecule has 8 nitrogen and oxygen atoms in total. The summed E-state index contributed by atoms with van der Waals surface area (Å²) < 4.78 is 53.7. The van der Waals surface area contributed by atoms with Gasteiger partial charge in [-0.25, -0.2) is 4.79 Å². The van der Waals surface area contributed by atoms with Crippen LogP contribution >= 0.6 is 11.3 Å². The molecule has 2 aromatic heterocycles. The van der Waals surface area contributed by atoms with Crippen LogP contribution in [-0.4, -0.2) is 45.5 Å². The summed E-state index contributed by atoms with van der Waals surface area (Å²) in [5.41, 5.74) is -0.526. The molecule has 206 valence electrons. The zero-order valence-corrected chi connectivity index (χ0v) is 22.7. The number of fused-ring (bicyclic) bond motifs is 1. The number of amides is 1. The van der Waals surface area contributed by atoms with Crippen LogP contribution in [0.1, 0.15) is 60.2 Å². The highest BCUT2D eigenvalue weighted by atomic mass is 32.1. The first kappa shape index (κ1) is 28.2. The van der Waals surface area contributed by atoms with Gasteiger partial charge in [-0.05, 0) is 50.5 Å². The molecule has 3 heterocycles. The number of thiophene rings is 1. The van der Waals surface area contributed by atoms with Gasteiger partial charge in [0.05, 0.1) is 13.2 Å². The van der Waals surface area contributed by atoms with Crippen LogP contribution in [0, 0.1) is 11.3 Å². The Morgan fingerprint density at radius 1 is 1.18 bits per heavy atom. The summed E-state index contributed by atoms with van der Waals surface area (Å²) in [6.07, 6.45) is -4.16. The molecule has 0 radical (unpaired) electrons. The van der Waals surface area contributed by atoms with E-state index in [4.69, 9.17) is 9.47 Å². The number of ether oxygens (including phenoxy) is 2. The third-order valence-electron chi connectivity index (χ3n) is 5.97. The van der Waals surface area contributed by atoms with Crippen LogP contribution in [0.15, 0.2) is 36.5 Å². The number of halogens is 3. The molecule has 0 saturated carbocycles. The number of nitriles is 1. The maximum atomic E-state index is 14.1. The average molecular weight is 561 g/mol. The molecule has 1 aromatic carbocycles. The van der Waals surface area contributed by atoms with Gasteiger partial charge in [0, 0.05) is 29.1 Å². The van der Waals surface area contributed by atoms with Crippen LogP contribution in [0.3, 0.4) is 0 Å². The number of aromatic nitrogens is 2. The highest BCUT2D eigenvalue weighted by Gasteiger charge is 2.40. The van der Waals surface area contributed by atoms with E-state index in [1.165, 1.54) is 22.4 Å². The van der Waals surface area contributed by atoms with Crippen molar-refractivity contribution in [1.29, 1.82) is 5.26 Å². The van der Waals surface area contributed by atoms with E-state index in [9.17, 15) is 28.0 Å². The van der Waals surface area contributed by atoms with Crippen molar-refractivity contribution < 1.29 is 32.2 Å². The number of hydrogen-bond acceptors (Lipinski definition) is 7. The zero-order valence-electron chi connectivity index (χ0n) is 21.8. The number of nitrogens with zero attached hydrogens (tertiary/aromatic N) is 4. The van der Waals surface area contributed by atoms with Crippen LogP contribution in [0.2, 0.25) is 0 Å². The standard InChI is InChI=1S/C27H27F3N4O4S/c1-5-37-23(35)15-34-13-21(24(32-34)27(28,29)30)18-9-7-6-8-17(18)20-12-33(25(36)38-26(2,3)4)14-22-19(20)10-16(11-31)39-22/h6-10,13,20H,5,12,14-15H2,1-4H3. The van der Waals surface area contributed by atoms with Gasteiger partial charge in [0.15, 0.2) is 5.69 Å². The number of rotatable bonds is 5. The van der Waals surface area contributed by atoms with Gasteiger partial charge in [-0.1, -0.05) is 24.3 Å². The van der Waals surface area contributed by atoms with Crippen LogP contribution in [0.4, 0.5) is 18.0 Å². The molecule has 0 N–H and O–H groups in total. The number of alkyl halides is 3. The van der Waals surface area contributed by atoms with Gasteiger partial charge in [-0.3, -0.25) is 9.48 Å². The summed E-state index contributed by atoms with van der Waals surface area (Å²) in [5, 5.41) is 13.2. The predicted octanol–water partition coefficient (Wildman–Crippen LogP) is 5.95. The summed E-state index contributed by atoms with van der Waals surface area (Å²) in [7, 11) is 0. The first-order valence-corrected chi connectivity index (χ1v) is 13.0. The van der Waals surface area contributed by atoms with Gasteiger partial charge in [-0.15, -0.1) is 11.3 Å². The molecule has 4 rings (SSSR count). The molecule has 12 heteroatoms.